The first-order chi connectivity index (χ1) is 3.41. The third-order valence-corrected chi connectivity index (χ3v) is 0.670. The van der Waals surface area contributed by atoms with Gasteiger partial charge in [-0.25, -0.2) is 0 Å². The van der Waals surface area contributed by atoms with Gasteiger partial charge in [-0.15, -0.1) is 0 Å². The van der Waals surface area contributed by atoms with Crippen molar-refractivity contribution >= 4 is 6.29 Å². The van der Waals surface area contributed by atoms with E-state index in [1.807, 2.05) is 0 Å². The normalized spacial score (nSPS) is 7.62. The molecule has 50 valence electrons. The summed E-state index contributed by atoms with van der Waals surface area (Å²) in [6.45, 7) is 0.693. The Hall–Kier alpha value is -0.370. The summed E-state index contributed by atoms with van der Waals surface area (Å²) >= 11 is 0. The standard InChI is InChI=1S/C5H10O2.CH4/c1-7-5-3-2-4-6;/h4H,2-3,5H2,1H3;1H4. The van der Waals surface area contributed by atoms with Crippen molar-refractivity contribution in [3.05, 3.63) is 0 Å². The quantitative estimate of drug-likeness (QED) is 0.410. The highest BCUT2D eigenvalue weighted by molar-refractivity contribution is 5.48. The zero-order valence-corrected chi connectivity index (χ0v) is 4.52. The fourth-order valence-corrected chi connectivity index (χ4v) is 0.311. The van der Waals surface area contributed by atoms with Crippen molar-refractivity contribution < 1.29 is 9.53 Å². The summed E-state index contributed by atoms with van der Waals surface area (Å²) in [4.78, 5) is 9.62. The highest BCUT2D eigenvalue weighted by atomic mass is 16.5. The van der Waals surface area contributed by atoms with E-state index in [0.29, 0.717) is 13.0 Å². The second-order valence-electron chi connectivity index (χ2n) is 1.30. The molecule has 0 saturated heterocycles. The smallest absolute Gasteiger partial charge is 0.120 e. The van der Waals surface area contributed by atoms with E-state index in [1.165, 1.54) is 0 Å². The number of aldehydes is 1. The third-order valence-electron chi connectivity index (χ3n) is 0.670. The van der Waals surface area contributed by atoms with Crippen LogP contribution < -0.4 is 0 Å². The Morgan fingerprint density at radius 2 is 2.25 bits per heavy atom. The van der Waals surface area contributed by atoms with Gasteiger partial charge in [0.1, 0.15) is 6.29 Å². The van der Waals surface area contributed by atoms with E-state index in [-0.39, 0.29) is 7.43 Å². The third kappa shape index (κ3) is 9.16. The molecule has 0 aromatic heterocycles. The Kier molecular flexibility index (Phi) is 13.0. The second-order valence-corrected chi connectivity index (χ2v) is 1.30. The lowest BCUT2D eigenvalue weighted by atomic mass is 10.4. The van der Waals surface area contributed by atoms with Gasteiger partial charge in [-0.05, 0) is 6.42 Å². The number of carbonyl (C=O) groups is 1. The molecule has 0 rings (SSSR count). The topological polar surface area (TPSA) is 26.3 Å². The maximum Gasteiger partial charge on any atom is 0.120 e. The fraction of sp³-hybridized carbons (Fsp3) is 0.833. The van der Waals surface area contributed by atoms with E-state index >= 15 is 0 Å². The van der Waals surface area contributed by atoms with Gasteiger partial charge >= 0.3 is 0 Å². The first kappa shape index (κ1) is 10.6. The van der Waals surface area contributed by atoms with Crippen molar-refractivity contribution in [1.82, 2.24) is 0 Å². The minimum absolute atomic E-state index is 0. The molecule has 0 N–H and O–H groups in total. The van der Waals surface area contributed by atoms with Gasteiger partial charge in [0.2, 0.25) is 0 Å². The predicted molar refractivity (Wildman–Crippen MR) is 33.9 cm³/mol. The van der Waals surface area contributed by atoms with Gasteiger partial charge in [-0.1, -0.05) is 7.43 Å². The van der Waals surface area contributed by atoms with Gasteiger partial charge in [0, 0.05) is 20.1 Å². The molecule has 0 aliphatic heterocycles. The number of unbranched alkanes of at least 4 members (excludes halogenated alkanes) is 1. The maximum absolute atomic E-state index is 9.62. The number of carbonyl (C=O) groups excluding carboxylic acids is 1. The lowest BCUT2D eigenvalue weighted by Gasteiger charge is -1.89. The van der Waals surface area contributed by atoms with Crippen LogP contribution in [0.4, 0.5) is 0 Å². The average molecular weight is 118 g/mol. The van der Waals surface area contributed by atoms with Gasteiger partial charge in [0.25, 0.3) is 0 Å². The Morgan fingerprint density at radius 1 is 1.62 bits per heavy atom. The van der Waals surface area contributed by atoms with Crippen LogP contribution in [0.2, 0.25) is 0 Å². The molecule has 0 aliphatic rings. The molecule has 0 unspecified atom stereocenters. The lowest BCUT2D eigenvalue weighted by molar-refractivity contribution is -0.108. The summed E-state index contributed by atoms with van der Waals surface area (Å²) < 4.78 is 4.69. The minimum Gasteiger partial charge on any atom is -0.385 e. The molecule has 0 aromatic rings. The Labute approximate surface area is 50.8 Å². The predicted octanol–water partition coefficient (Wildman–Crippen LogP) is 1.25. The first-order valence-corrected chi connectivity index (χ1v) is 2.34. The van der Waals surface area contributed by atoms with Crippen molar-refractivity contribution in [3.63, 3.8) is 0 Å². The zero-order chi connectivity index (χ0) is 5.54. The van der Waals surface area contributed by atoms with Gasteiger partial charge in [-0.3, -0.25) is 0 Å². The fourth-order valence-electron chi connectivity index (χ4n) is 0.311. The first-order valence-electron chi connectivity index (χ1n) is 2.34. The molecular weight excluding hydrogens is 104 g/mol. The molecule has 0 saturated carbocycles. The van der Waals surface area contributed by atoms with Crippen LogP contribution in [-0.2, 0) is 9.53 Å². The summed E-state index contributed by atoms with van der Waals surface area (Å²) in [5.74, 6) is 0. The zero-order valence-electron chi connectivity index (χ0n) is 4.52. The molecule has 2 nitrogen and oxygen atoms in total. The SMILES string of the molecule is C.COCCCC=O. The number of rotatable bonds is 4. The van der Waals surface area contributed by atoms with Crippen molar-refractivity contribution in [2.45, 2.75) is 20.3 Å². The van der Waals surface area contributed by atoms with E-state index < -0.39 is 0 Å². The van der Waals surface area contributed by atoms with E-state index in [1.54, 1.807) is 7.11 Å². The van der Waals surface area contributed by atoms with Crippen LogP contribution in [0.3, 0.4) is 0 Å². The van der Waals surface area contributed by atoms with Crippen LogP contribution in [0.15, 0.2) is 0 Å². The monoisotopic (exact) mass is 118 g/mol. The van der Waals surface area contributed by atoms with E-state index in [9.17, 15) is 4.79 Å². The summed E-state index contributed by atoms with van der Waals surface area (Å²) in [5, 5.41) is 0. The van der Waals surface area contributed by atoms with Crippen molar-refractivity contribution in [1.29, 1.82) is 0 Å². The molecule has 0 radical (unpaired) electrons. The summed E-state index contributed by atoms with van der Waals surface area (Å²) in [6.07, 6.45) is 2.37. The van der Waals surface area contributed by atoms with Crippen molar-refractivity contribution in [2.75, 3.05) is 13.7 Å². The summed E-state index contributed by atoms with van der Waals surface area (Å²) in [7, 11) is 1.63. The molecule has 0 fully saturated rings. The van der Waals surface area contributed by atoms with Crippen molar-refractivity contribution in [2.24, 2.45) is 0 Å². The molecule has 0 bridgehead atoms. The van der Waals surface area contributed by atoms with E-state index in [4.69, 9.17) is 0 Å². The molecule has 2 heteroatoms. The van der Waals surface area contributed by atoms with Gasteiger partial charge in [0.05, 0.1) is 0 Å². The molecule has 0 spiro atoms. The van der Waals surface area contributed by atoms with Crippen LogP contribution in [0.1, 0.15) is 20.3 Å². The number of ether oxygens (including phenoxy) is 1. The number of hydrogen-bond acceptors (Lipinski definition) is 2. The van der Waals surface area contributed by atoms with Crippen LogP contribution in [0.25, 0.3) is 0 Å². The number of hydrogen-bond donors (Lipinski definition) is 0. The second kappa shape index (κ2) is 9.80. The summed E-state index contributed by atoms with van der Waals surface area (Å²) in [6, 6.07) is 0. The molecule has 0 atom stereocenters. The maximum atomic E-state index is 9.62. The van der Waals surface area contributed by atoms with E-state index in [0.717, 1.165) is 12.7 Å². The average Bonchev–Trinajstić information content (AvgIpc) is 1.69. The van der Waals surface area contributed by atoms with Gasteiger partial charge in [0.15, 0.2) is 0 Å². The lowest BCUT2D eigenvalue weighted by Crippen LogP contribution is -1.87. The molecule has 0 heterocycles. The Morgan fingerprint density at radius 3 is 2.62 bits per heavy atom. The molecule has 8 heavy (non-hydrogen) atoms. The molecule has 0 aliphatic carbocycles. The molecular formula is C6H14O2. The van der Waals surface area contributed by atoms with Gasteiger partial charge in [-0.2, -0.15) is 0 Å². The highest BCUT2D eigenvalue weighted by Crippen LogP contribution is 1.81. The van der Waals surface area contributed by atoms with Crippen LogP contribution in [-0.4, -0.2) is 20.0 Å². The van der Waals surface area contributed by atoms with Crippen molar-refractivity contribution in [3.8, 4) is 0 Å². The largest absolute Gasteiger partial charge is 0.385 e. The molecule has 0 aromatic carbocycles. The van der Waals surface area contributed by atoms with Crippen LogP contribution in [0, 0.1) is 0 Å². The highest BCUT2D eigenvalue weighted by Gasteiger charge is 1.79. The Bertz CT molecular complexity index is 43.8. The Balaban J connectivity index is 0. The van der Waals surface area contributed by atoms with Crippen LogP contribution in [0.5, 0.6) is 0 Å². The minimum atomic E-state index is 0. The van der Waals surface area contributed by atoms with Crippen LogP contribution >= 0.6 is 0 Å². The van der Waals surface area contributed by atoms with E-state index in [2.05, 4.69) is 4.74 Å². The van der Waals surface area contributed by atoms with Gasteiger partial charge < -0.3 is 9.53 Å². The summed E-state index contributed by atoms with van der Waals surface area (Å²) in [5.41, 5.74) is 0. The number of methoxy groups -OCH3 is 1. The molecule has 0 amide bonds.